The SMILES string of the molecule is CC(CNCCc1cc(Br)cs1)C(=O)O. The van der Waals surface area contributed by atoms with Gasteiger partial charge >= 0.3 is 5.97 Å². The van der Waals surface area contributed by atoms with Crippen LogP contribution in [0.5, 0.6) is 0 Å². The molecule has 0 aliphatic rings. The van der Waals surface area contributed by atoms with Crippen molar-refractivity contribution in [3.8, 4) is 0 Å². The zero-order chi connectivity index (χ0) is 11.3. The van der Waals surface area contributed by atoms with E-state index in [4.69, 9.17) is 5.11 Å². The van der Waals surface area contributed by atoms with E-state index in [1.807, 2.05) is 0 Å². The number of hydrogen-bond acceptors (Lipinski definition) is 3. The maximum atomic E-state index is 10.5. The first-order chi connectivity index (χ1) is 7.09. The summed E-state index contributed by atoms with van der Waals surface area (Å²) in [6.45, 7) is 3.06. The Balaban J connectivity index is 2.14. The van der Waals surface area contributed by atoms with Crippen LogP contribution in [0.3, 0.4) is 0 Å². The molecule has 0 saturated carbocycles. The lowest BCUT2D eigenvalue weighted by molar-refractivity contribution is -0.140. The number of carboxylic acid groups (broad SMARTS) is 1. The van der Waals surface area contributed by atoms with Gasteiger partial charge in [-0.1, -0.05) is 6.92 Å². The zero-order valence-corrected chi connectivity index (χ0v) is 10.9. The van der Waals surface area contributed by atoms with E-state index in [2.05, 4.69) is 32.7 Å². The lowest BCUT2D eigenvalue weighted by Gasteiger charge is -2.06. The molecule has 0 aromatic carbocycles. The highest BCUT2D eigenvalue weighted by Crippen LogP contribution is 2.19. The summed E-state index contributed by atoms with van der Waals surface area (Å²) in [5.74, 6) is -1.07. The van der Waals surface area contributed by atoms with Gasteiger partial charge in [0, 0.05) is 21.3 Å². The van der Waals surface area contributed by atoms with E-state index in [0.29, 0.717) is 6.54 Å². The average molecular weight is 292 g/mol. The molecular weight excluding hydrogens is 278 g/mol. The smallest absolute Gasteiger partial charge is 0.307 e. The Morgan fingerprint density at radius 1 is 1.73 bits per heavy atom. The number of thiophene rings is 1. The molecule has 0 aliphatic carbocycles. The van der Waals surface area contributed by atoms with Crippen LogP contribution in [-0.4, -0.2) is 24.2 Å². The number of rotatable bonds is 6. The van der Waals surface area contributed by atoms with E-state index in [1.165, 1.54) is 4.88 Å². The Kier molecular flexibility index (Phi) is 5.28. The van der Waals surface area contributed by atoms with Crippen molar-refractivity contribution in [2.45, 2.75) is 13.3 Å². The van der Waals surface area contributed by atoms with Gasteiger partial charge in [0.15, 0.2) is 0 Å². The number of halogens is 1. The third-order valence-corrected chi connectivity index (χ3v) is 3.80. The topological polar surface area (TPSA) is 49.3 Å². The van der Waals surface area contributed by atoms with E-state index in [-0.39, 0.29) is 5.92 Å². The Hall–Kier alpha value is -0.390. The minimum Gasteiger partial charge on any atom is -0.481 e. The van der Waals surface area contributed by atoms with Crippen molar-refractivity contribution in [2.75, 3.05) is 13.1 Å². The molecule has 0 spiro atoms. The van der Waals surface area contributed by atoms with Gasteiger partial charge in [0.2, 0.25) is 0 Å². The van der Waals surface area contributed by atoms with Crippen LogP contribution < -0.4 is 5.32 Å². The average Bonchev–Trinajstić information content (AvgIpc) is 2.58. The normalized spacial score (nSPS) is 12.7. The third-order valence-electron chi connectivity index (χ3n) is 2.04. The fraction of sp³-hybridized carbons (Fsp3) is 0.500. The van der Waals surface area contributed by atoms with Crippen LogP contribution in [0.25, 0.3) is 0 Å². The number of carbonyl (C=O) groups is 1. The van der Waals surface area contributed by atoms with Crippen molar-refractivity contribution in [1.29, 1.82) is 0 Å². The van der Waals surface area contributed by atoms with Gasteiger partial charge in [-0.25, -0.2) is 0 Å². The van der Waals surface area contributed by atoms with E-state index in [1.54, 1.807) is 18.3 Å². The summed E-state index contributed by atoms with van der Waals surface area (Å²) in [6.07, 6.45) is 0.947. The van der Waals surface area contributed by atoms with Gasteiger partial charge in [0.25, 0.3) is 0 Å². The first-order valence-electron chi connectivity index (χ1n) is 4.76. The largest absolute Gasteiger partial charge is 0.481 e. The first kappa shape index (κ1) is 12.7. The van der Waals surface area contributed by atoms with Gasteiger partial charge in [-0.3, -0.25) is 4.79 Å². The van der Waals surface area contributed by atoms with Crippen LogP contribution in [0.1, 0.15) is 11.8 Å². The van der Waals surface area contributed by atoms with Gasteiger partial charge < -0.3 is 10.4 Å². The number of nitrogens with one attached hydrogen (secondary N) is 1. The molecule has 1 rings (SSSR count). The molecule has 0 fully saturated rings. The Morgan fingerprint density at radius 2 is 2.47 bits per heavy atom. The van der Waals surface area contributed by atoms with Crippen LogP contribution in [0, 0.1) is 5.92 Å². The minimum atomic E-state index is -0.749. The molecule has 5 heteroatoms. The molecule has 0 saturated heterocycles. The summed E-state index contributed by atoms with van der Waals surface area (Å²) in [5, 5.41) is 13.8. The van der Waals surface area contributed by atoms with E-state index < -0.39 is 5.97 Å². The second-order valence-electron chi connectivity index (χ2n) is 3.42. The van der Waals surface area contributed by atoms with Crippen molar-refractivity contribution in [2.24, 2.45) is 5.92 Å². The number of carboxylic acids is 1. The zero-order valence-electron chi connectivity index (χ0n) is 8.50. The third kappa shape index (κ3) is 4.77. The quantitative estimate of drug-likeness (QED) is 0.791. The van der Waals surface area contributed by atoms with Crippen molar-refractivity contribution in [1.82, 2.24) is 5.32 Å². The summed E-state index contributed by atoms with van der Waals surface area (Å²) in [6, 6.07) is 2.09. The van der Waals surface area contributed by atoms with Crippen molar-refractivity contribution < 1.29 is 9.90 Å². The lowest BCUT2D eigenvalue weighted by Crippen LogP contribution is -2.27. The molecule has 1 heterocycles. The number of hydrogen-bond donors (Lipinski definition) is 2. The van der Waals surface area contributed by atoms with E-state index >= 15 is 0 Å². The molecule has 1 aromatic rings. The fourth-order valence-electron chi connectivity index (χ4n) is 1.10. The molecule has 3 nitrogen and oxygen atoms in total. The molecule has 1 aromatic heterocycles. The monoisotopic (exact) mass is 291 g/mol. The van der Waals surface area contributed by atoms with Gasteiger partial charge in [-0.15, -0.1) is 11.3 Å². The summed E-state index contributed by atoms with van der Waals surface area (Å²) in [5.41, 5.74) is 0. The van der Waals surface area contributed by atoms with Crippen molar-refractivity contribution in [3.63, 3.8) is 0 Å². The molecule has 0 amide bonds. The maximum absolute atomic E-state index is 10.5. The van der Waals surface area contributed by atoms with Crippen LogP contribution in [0.15, 0.2) is 15.9 Å². The Morgan fingerprint density at radius 3 is 3.00 bits per heavy atom. The highest BCUT2D eigenvalue weighted by atomic mass is 79.9. The van der Waals surface area contributed by atoms with Crippen LogP contribution in [-0.2, 0) is 11.2 Å². The fourth-order valence-corrected chi connectivity index (χ4v) is 2.56. The predicted octanol–water partition coefficient (Wildman–Crippen LogP) is 2.36. The maximum Gasteiger partial charge on any atom is 0.307 e. The van der Waals surface area contributed by atoms with E-state index in [9.17, 15) is 4.79 Å². The highest BCUT2D eigenvalue weighted by Gasteiger charge is 2.09. The van der Waals surface area contributed by atoms with E-state index in [0.717, 1.165) is 17.4 Å². The lowest BCUT2D eigenvalue weighted by atomic mass is 10.2. The molecule has 84 valence electrons. The highest BCUT2D eigenvalue weighted by molar-refractivity contribution is 9.10. The van der Waals surface area contributed by atoms with Crippen LogP contribution in [0.4, 0.5) is 0 Å². The van der Waals surface area contributed by atoms with Gasteiger partial charge in [-0.2, -0.15) is 0 Å². The van der Waals surface area contributed by atoms with Gasteiger partial charge in [-0.05, 0) is 35.0 Å². The molecule has 15 heavy (non-hydrogen) atoms. The molecule has 1 unspecified atom stereocenters. The van der Waals surface area contributed by atoms with Gasteiger partial charge in [0.1, 0.15) is 0 Å². The second kappa shape index (κ2) is 6.25. The summed E-state index contributed by atoms with van der Waals surface area (Å²) in [7, 11) is 0. The molecule has 1 atom stereocenters. The standard InChI is InChI=1S/C10H14BrNO2S/c1-7(10(13)14)5-12-3-2-9-4-8(11)6-15-9/h4,6-7,12H,2-3,5H2,1H3,(H,13,14). The Bertz CT molecular complexity index is 327. The molecule has 0 bridgehead atoms. The first-order valence-corrected chi connectivity index (χ1v) is 6.43. The Labute approximate surface area is 102 Å². The van der Waals surface area contributed by atoms with Crippen LogP contribution >= 0.6 is 27.3 Å². The molecule has 0 aliphatic heterocycles. The van der Waals surface area contributed by atoms with Crippen molar-refractivity contribution in [3.05, 3.63) is 20.8 Å². The minimum absolute atomic E-state index is 0.319. The number of aliphatic carboxylic acids is 1. The van der Waals surface area contributed by atoms with Gasteiger partial charge in [0.05, 0.1) is 5.92 Å². The van der Waals surface area contributed by atoms with Crippen molar-refractivity contribution >= 4 is 33.2 Å². The summed E-state index contributed by atoms with van der Waals surface area (Å²) < 4.78 is 1.11. The summed E-state index contributed by atoms with van der Waals surface area (Å²) in [4.78, 5) is 11.8. The molecule has 2 N–H and O–H groups in total. The second-order valence-corrected chi connectivity index (χ2v) is 5.34. The molecule has 0 radical (unpaired) electrons. The summed E-state index contributed by atoms with van der Waals surface area (Å²) >= 11 is 5.11. The van der Waals surface area contributed by atoms with Crippen LogP contribution in [0.2, 0.25) is 0 Å². The predicted molar refractivity (Wildman–Crippen MR) is 65.4 cm³/mol. The molecular formula is C10H14BrNO2S.